The summed E-state index contributed by atoms with van der Waals surface area (Å²) in [6.07, 6.45) is 1.68. The van der Waals surface area contributed by atoms with Gasteiger partial charge in [-0.1, -0.05) is 6.92 Å². The van der Waals surface area contributed by atoms with Crippen molar-refractivity contribution in [3.63, 3.8) is 0 Å². The topological polar surface area (TPSA) is 50.3 Å². The van der Waals surface area contributed by atoms with Crippen LogP contribution in [0.3, 0.4) is 0 Å². The minimum absolute atomic E-state index is 0.177. The van der Waals surface area contributed by atoms with Gasteiger partial charge in [0.25, 0.3) is 0 Å². The average Bonchev–Trinajstić information content (AvgIpc) is 2.41. The molecule has 0 amide bonds. The molecule has 6 heteroatoms. The van der Waals surface area contributed by atoms with Crippen LogP contribution in [-0.2, 0) is 10.0 Å². The van der Waals surface area contributed by atoms with Crippen LogP contribution < -0.4 is 4.31 Å². The first-order valence-electron chi connectivity index (χ1n) is 4.61. The van der Waals surface area contributed by atoms with Crippen molar-refractivity contribution in [2.75, 3.05) is 16.6 Å². The summed E-state index contributed by atoms with van der Waals surface area (Å²) in [4.78, 5) is 4.13. The molecule has 4 nitrogen and oxygen atoms in total. The summed E-state index contributed by atoms with van der Waals surface area (Å²) in [6, 6.07) is 3.61. The smallest absolute Gasteiger partial charge is 0.236 e. The predicted octanol–water partition coefficient (Wildman–Crippen LogP) is 1.47. The summed E-state index contributed by atoms with van der Waals surface area (Å²) in [6.45, 7) is 2.47. The van der Waals surface area contributed by atoms with E-state index in [9.17, 15) is 8.42 Å². The van der Waals surface area contributed by atoms with E-state index in [0.29, 0.717) is 12.4 Å². The largest absolute Gasteiger partial charge is 0.253 e. The predicted molar refractivity (Wildman–Crippen MR) is 67.3 cm³/mol. The molecule has 1 saturated heterocycles. The Hall–Kier alpha value is -0.370. The summed E-state index contributed by atoms with van der Waals surface area (Å²) < 4.78 is 25.9. The number of halogens is 1. The van der Waals surface area contributed by atoms with Crippen LogP contribution in [0.1, 0.15) is 6.92 Å². The van der Waals surface area contributed by atoms with Crippen molar-refractivity contribution in [2.45, 2.75) is 6.92 Å². The molecule has 0 aromatic carbocycles. The Morgan fingerprint density at radius 1 is 1.53 bits per heavy atom. The van der Waals surface area contributed by atoms with E-state index in [0.717, 1.165) is 3.57 Å². The van der Waals surface area contributed by atoms with Gasteiger partial charge in [-0.25, -0.2) is 13.4 Å². The highest BCUT2D eigenvalue weighted by atomic mass is 127. The lowest BCUT2D eigenvalue weighted by molar-refractivity contribution is 0.597. The quantitative estimate of drug-likeness (QED) is 0.729. The monoisotopic (exact) mass is 338 g/mol. The van der Waals surface area contributed by atoms with Gasteiger partial charge in [0.05, 0.1) is 5.75 Å². The highest BCUT2D eigenvalue weighted by Gasteiger charge is 2.34. The molecule has 1 unspecified atom stereocenters. The molecule has 0 bridgehead atoms. The molecule has 1 aromatic heterocycles. The Bertz CT molecular complexity index is 458. The van der Waals surface area contributed by atoms with Crippen molar-refractivity contribution in [3.8, 4) is 0 Å². The van der Waals surface area contributed by atoms with E-state index in [4.69, 9.17) is 0 Å². The van der Waals surface area contributed by atoms with Crippen LogP contribution in [0.25, 0.3) is 0 Å². The van der Waals surface area contributed by atoms with E-state index in [2.05, 4.69) is 27.6 Å². The second-order valence-electron chi connectivity index (χ2n) is 3.75. The molecule has 82 valence electrons. The summed E-state index contributed by atoms with van der Waals surface area (Å²) in [5.41, 5.74) is 0. The van der Waals surface area contributed by atoms with Crippen molar-refractivity contribution < 1.29 is 8.42 Å². The van der Waals surface area contributed by atoms with Gasteiger partial charge in [-0.2, -0.15) is 0 Å². The van der Waals surface area contributed by atoms with E-state index in [1.807, 2.05) is 13.0 Å². The first kappa shape index (κ1) is 11.1. The third-order valence-electron chi connectivity index (χ3n) is 2.28. The van der Waals surface area contributed by atoms with Crippen LogP contribution in [0.2, 0.25) is 0 Å². The van der Waals surface area contributed by atoms with E-state index >= 15 is 0 Å². The highest BCUT2D eigenvalue weighted by Crippen LogP contribution is 2.25. The average molecular weight is 338 g/mol. The standard InChI is InChI=1S/C9H11IN2O2S/c1-7-5-12(15(13,14)6-7)9-3-2-8(10)4-11-9/h2-4,7H,5-6H2,1H3. The van der Waals surface area contributed by atoms with Gasteiger partial charge in [-0.05, 0) is 40.6 Å². The summed E-state index contributed by atoms with van der Waals surface area (Å²) >= 11 is 2.14. The van der Waals surface area contributed by atoms with Crippen LogP contribution in [0, 0.1) is 9.49 Å². The highest BCUT2D eigenvalue weighted by molar-refractivity contribution is 14.1. The first-order valence-corrected chi connectivity index (χ1v) is 7.30. The Kier molecular flexibility index (Phi) is 2.89. The normalized spacial score (nSPS) is 24.4. The maximum absolute atomic E-state index is 11.7. The van der Waals surface area contributed by atoms with Crippen molar-refractivity contribution in [1.82, 2.24) is 4.98 Å². The number of aromatic nitrogens is 1. The molecule has 1 fully saturated rings. The molecule has 0 radical (unpaired) electrons. The zero-order chi connectivity index (χ0) is 11.1. The van der Waals surface area contributed by atoms with Gasteiger partial charge in [-0.3, -0.25) is 4.31 Å². The van der Waals surface area contributed by atoms with Gasteiger partial charge in [0.15, 0.2) is 0 Å². The van der Waals surface area contributed by atoms with E-state index in [1.165, 1.54) is 4.31 Å². The van der Waals surface area contributed by atoms with Crippen LogP contribution in [-0.4, -0.2) is 25.7 Å². The Morgan fingerprint density at radius 3 is 2.73 bits per heavy atom. The Balaban J connectivity index is 2.36. The van der Waals surface area contributed by atoms with Crippen LogP contribution in [0.4, 0.5) is 5.82 Å². The summed E-state index contributed by atoms with van der Waals surface area (Å²) in [7, 11) is -3.13. The van der Waals surface area contributed by atoms with Crippen LogP contribution in [0.15, 0.2) is 18.3 Å². The lowest BCUT2D eigenvalue weighted by Gasteiger charge is -2.15. The molecule has 1 atom stereocenters. The van der Waals surface area contributed by atoms with Gasteiger partial charge in [0, 0.05) is 16.3 Å². The minimum atomic E-state index is -3.13. The Labute approximate surface area is 103 Å². The van der Waals surface area contributed by atoms with Crippen molar-refractivity contribution >= 4 is 38.4 Å². The first-order chi connectivity index (χ1) is 6.99. The molecule has 2 heterocycles. The van der Waals surface area contributed by atoms with E-state index < -0.39 is 10.0 Å². The number of hydrogen-bond acceptors (Lipinski definition) is 3. The number of pyridine rings is 1. The van der Waals surface area contributed by atoms with Gasteiger partial charge < -0.3 is 0 Å². The van der Waals surface area contributed by atoms with E-state index in [1.54, 1.807) is 12.3 Å². The molecule has 0 aliphatic carbocycles. The number of sulfonamides is 1. The number of nitrogens with zero attached hydrogens (tertiary/aromatic N) is 2. The van der Waals surface area contributed by atoms with E-state index in [-0.39, 0.29) is 11.7 Å². The molecule has 0 saturated carbocycles. The molecule has 1 aliphatic rings. The molecule has 0 spiro atoms. The maximum Gasteiger partial charge on any atom is 0.236 e. The van der Waals surface area contributed by atoms with Gasteiger partial charge >= 0.3 is 0 Å². The number of hydrogen-bond donors (Lipinski definition) is 0. The fraction of sp³-hybridized carbons (Fsp3) is 0.444. The fourth-order valence-corrected chi connectivity index (χ4v) is 3.85. The van der Waals surface area contributed by atoms with Gasteiger partial charge in [-0.15, -0.1) is 0 Å². The molecule has 0 N–H and O–H groups in total. The second kappa shape index (κ2) is 3.89. The molecule has 15 heavy (non-hydrogen) atoms. The molecular formula is C9H11IN2O2S. The Morgan fingerprint density at radius 2 is 2.27 bits per heavy atom. The lowest BCUT2D eigenvalue weighted by atomic mass is 10.2. The van der Waals surface area contributed by atoms with Crippen molar-refractivity contribution in [2.24, 2.45) is 5.92 Å². The maximum atomic E-state index is 11.7. The zero-order valence-corrected chi connectivity index (χ0v) is 11.2. The van der Waals surface area contributed by atoms with Gasteiger partial charge in [0.2, 0.25) is 10.0 Å². The van der Waals surface area contributed by atoms with Crippen molar-refractivity contribution in [1.29, 1.82) is 0 Å². The lowest BCUT2D eigenvalue weighted by Crippen LogP contribution is -2.26. The van der Waals surface area contributed by atoms with Crippen LogP contribution >= 0.6 is 22.6 Å². The number of anilines is 1. The SMILES string of the molecule is CC1CN(c2ccc(I)cn2)S(=O)(=O)C1. The third kappa shape index (κ3) is 2.25. The summed E-state index contributed by atoms with van der Waals surface area (Å²) in [5.74, 6) is 0.927. The number of rotatable bonds is 1. The second-order valence-corrected chi connectivity index (χ2v) is 6.93. The van der Waals surface area contributed by atoms with Gasteiger partial charge in [0.1, 0.15) is 5.82 Å². The summed E-state index contributed by atoms with van der Waals surface area (Å²) in [5, 5.41) is 0. The molecule has 1 aromatic rings. The molecular weight excluding hydrogens is 327 g/mol. The minimum Gasteiger partial charge on any atom is -0.253 e. The molecule has 1 aliphatic heterocycles. The van der Waals surface area contributed by atoms with Crippen molar-refractivity contribution in [3.05, 3.63) is 21.9 Å². The fourth-order valence-electron chi connectivity index (χ4n) is 1.65. The zero-order valence-electron chi connectivity index (χ0n) is 8.22. The molecule has 2 rings (SSSR count). The van der Waals surface area contributed by atoms with Crippen LogP contribution in [0.5, 0.6) is 0 Å². The third-order valence-corrected chi connectivity index (χ3v) is 4.91.